The van der Waals surface area contributed by atoms with Crippen molar-refractivity contribution in [2.45, 2.75) is 0 Å². The number of fused-ring (bicyclic) bond motifs is 12. The van der Waals surface area contributed by atoms with Crippen LogP contribution in [-0.4, -0.2) is 9.97 Å². The number of nitrogens with zero attached hydrogens (tertiary/aromatic N) is 2. The number of benzene rings is 9. The van der Waals surface area contributed by atoms with Crippen LogP contribution in [0, 0.1) is 0 Å². The van der Waals surface area contributed by atoms with E-state index in [4.69, 9.17) is 9.97 Å². The Kier molecular flexibility index (Phi) is 7.13. The zero-order valence-electron chi connectivity index (χ0n) is 30.8. The lowest BCUT2D eigenvalue weighted by atomic mass is 9.87. The summed E-state index contributed by atoms with van der Waals surface area (Å²) in [6, 6.07) is 68.6. The van der Waals surface area contributed by atoms with Gasteiger partial charge in [-0.1, -0.05) is 152 Å². The molecule has 0 aliphatic carbocycles. The highest BCUT2D eigenvalue weighted by molar-refractivity contribution is 7.26. The Morgan fingerprint density at radius 3 is 1.61 bits per heavy atom. The molecule has 264 valence electrons. The predicted octanol–water partition coefficient (Wildman–Crippen LogP) is 15.3. The standard InChI is InChI=1S/C54H32N2S/c1-3-15-39(37(13-1)35-25-27-45-43-19-6-5-17-41(43)42-18-7-8-20-44(42)47(45)30-35)40-16-4-2-14-38(40)36-31-48(52-46-21-9-10-22-50(46)57-51(52)32-36)49-28-26-34-24-23-33-12-11-29-55-53(33)54(34)56-49/h1-32H. The van der Waals surface area contributed by atoms with Crippen molar-refractivity contribution in [1.29, 1.82) is 0 Å². The molecule has 0 radical (unpaired) electrons. The number of aromatic nitrogens is 2. The maximum absolute atomic E-state index is 5.39. The van der Waals surface area contributed by atoms with Gasteiger partial charge in [-0.05, 0) is 102 Å². The first kappa shape index (κ1) is 32.1. The van der Waals surface area contributed by atoms with E-state index in [0.717, 1.165) is 33.1 Å². The highest BCUT2D eigenvalue weighted by Crippen LogP contribution is 2.46. The third kappa shape index (κ3) is 5.03. The largest absolute Gasteiger partial charge is 0.254 e. The van der Waals surface area contributed by atoms with Gasteiger partial charge in [-0.2, -0.15) is 0 Å². The van der Waals surface area contributed by atoms with Crippen molar-refractivity contribution in [2.75, 3.05) is 0 Å². The Morgan fingerprint density at radius 1 is 0.333 bits per heavy atom. The summed E-state index contributed by atoms with van der Waals surface area (Å²) in [6.45, 7) is 0. The smallest absolute Gasteiger partial charge is 0.0972 e. The van der Waals surface area contributed by atoms with E-state index < -0.39 is 0 Å². The molecule has 2 nitrogen and oxygen atoms in total. The lowest BCUT2D eigenvalue weighted by molar-refractivity contribution is 1.37. The van der Waals surface area contributed by atoms with Crippen molar-refractivity contribution in [3.8, 4) is 44.6 Å². The third-order valence-electron chi connectivity index (χ3n) is 11.7. The normalized spacial score (nSPS) is 11.9. The van der Waals surface area contributed by atoms with Crippen LogP contribution in [0.15, 0.2) is 194 Å². The van der Waals surface area contributed by atoms with E-state index in [-0.39, 0.29) is 0 Å². The van der Waals surface area contributed by atoms with Crippen molar-refractivity contribution < 1.29 is 0 Å². The van der Waals surface area contributed by atoms with E-state index >= 15 is 0 Å². The molecular weight excluding hydrogens is 709 g/mol. The van der Waals surface area contributed by atoms with Gasteiger partial charge >= 0.3 is 0 Å². The number of hydrogen-bond acceptors (Lipinski definition) is 3. The SMILES string of the molecule is c1ccc(-c2ccccc2-c2ccc3c4ccccc4c4ccccc4c3c2)c(-c2cc(-c3ccc4ccc5cccnc5c4n3)c3c(c2)sc2ccccc23)c1. The fraction of sp³-hybridized carbons (Fsp3) is 0. The highest BCUT2D eigenvalue weighted by atomic mass is 32.1. The molecule has 3 heterocycles. The predicted molar refractivity (Wildman–Crippen MR) is 244 cm³/mol. The van der Waals surface area contributed by atoms with E-state index in [2.05, 4.69) is 182 Å². The maximum atomic E-state index is 5.39. The van der Waals surface area contributed by atoms with Gasteiger partial charge in [0.1, 0.15) is 0 Å². The molecule has 12 aromatic rings. The van der Waals surface area contributed by atoms with Gasteiger partial charge in [0.15, 0.2) is 0 Å². The van der Waals surface area contributed by atoms with Crippen LogP contribution in [0.5, 0.6) is 0 Å². The molecule has 0 spiro atoms. The van der Waals surface area contributed by atoms with Gasteiger partial charge in [0, 0.05) is 42.7 Å². The molecule has 0 unspecified atom stereocenters. The van der Waals surface area contributed by atoms with E-state index in [9.17, 15) is 0 Å². The Hall–Kier alpha value is -7.20. The van der Waals surface area contributed by atoms with Crippen molar-refractivity contribution in [1.82, 2.24) is 9.97 Å². The monoisotopic (exact) mass is 740 g/mol. The van der Waals surface area contributed by atoms with Gasteiger partial charge in [-0.3, -0.25) is 4.98 Å². The second-order valence-electron chi connectivity index (χ2n) is 14.8. The van der Waals surface area contributed by atoms with Gasteiger partial charge in [0.25, 0.3) is 0 Å². The fourth-order valence-electron chi connectivity index (χ4n) is 9.10. The minimum Gasteiger partial charge on any atom is -0.254 e. The van der Waals surface area contributed by atoms with Crippen LogP contribution >= 0.6 is 11.3 Å². The number of rotatable bonds is 4. The van der Waals surface area contributed by atoms with Crippen molar-refractivity contribution in [3.63, 3.8) is 0 Å². The molecule has 0 aliphatic heterocycles. The summed E-state index contributed by atoms with van der Waals surface area (Å²) in [6.07, 6.45) is 1.86. The Labute approximate surface area is 333 Å². The minimum absolute atomic E-state index is 0.925. The molecule has 0 aliphatic rings. The van der Waals surface area contributed by atoms with Crippen LogP contribution in [0.4, 0.5) is 0 Å². The molecule has 9 aromatic carbocycles. The summed E-state index contributed by atoms with van der Waals surface area (Å²) in [4.78, 5) is 10.2. The van der Waals surface area contributed by atoms with Crippen LogP contribution in [0.2, 0.25) is 0 Å². The topological polar surface area (TPSA) is 25.8 Å². The van der Waals surface area contributed by atoms with Crippen LogP contribution in [0.25, 0.3) is 119 Å². The average Bonchev–Trinajstić information content (AvgIpc) is 3.67. The Bertz CT molecular complexity index is 3560. The second kappa shape index (κ2) is 12.7. The van der Waals surface area contributed by atoms with Gasteiger partial charge in [0.05, 0.1) is 16.7 Å². The molecule has 3 aromatic heterocycles. The summed E-state index contributed by atoms with van der Waals surface area (Å²) in [7, 11) is 0. The van der Waals surface area contributed by atoms with E-state index in [1.807, 2.05) is 23.6 Å². The summed E-state index contributed by atoms with van der Waals surface area (Å²) >= 11 is 1.85. The third-order valence-corrected chi connectivity index (χ3v) is 12.8. The molecule has 0 saturated heterocycles. The Balaban J connectivity index is 1.08. The minimum atomic E-state index is 0.925. The molecule has 0 N–H and O–H groups in total. The number of pyridine rings is 2. The zero-order chi connectivity index (χ0) is 37.5. The van der Waals surface area contributed by atoms with Crippen molar-refractivity contribution in [3.05, 3.63) is 194 Å². The zero-order valence-corrected chi connectivity index (χ0v) is 31.6. The lowest BCUT2D eigenvalue weighted by Crippen LogP contribution is -1.92. The second-order valence-corrected chi connectivity index (χ2v) is 15.9. The Morgan fingerprint density at radius 2 is 0.895 bits per heavy atom. The first-order valence-corrected chi connectivity index (χ1v) is 20.2. The molecule has 12 rings (SSSR count). The summed E-state index contributed by atoms with van der Waals surface area (Å²) in [5.41, 5.74) is 11.1. The van der Waals surface area contributed by atoms with Crippen molar-refractivity contribution in [2.24, 2.45) is 0 Å². The summed E-state index contributed by atoms with van der Waals surface area (Å²) < 4.78 is 2.52. The summed E-state index contributed by atoms with van der Waals surface area (Å²) in [5, 5.41) is 12.4. The maximum Gasteiger partial charge on any atom is 0.0972 e. The van der Waals surface area contributed by atoms with Gasteiger partial charge in [-0.15, -0.1) is 11.3 Å². The van der Waals surface area contributed by atoms with Gasteiger partial charge < -0.3 is 0 Å². The molecule has 57 heavy (non-hydrogen) atoms. The van der Waals surface area contributed by atoms with Crippen LogP contribution in [0.1, 0.15) is 0 Å². The fourth-order valence-corrected chi connectivity index (χ4v) is 10.3. The summed E-state index contributed by atoms with van der Waals surface area (Å²) in [5.74, 6) is 0. The van der Waals surface area contributed by atoms with Crippen LogP contribution in [0.3, 0.4) is 0 Å². The quantitative estimate of drug-likeness (QED) is 0.168. The molecule has 0 amide bonds. The van der Waals surface area contributed by atoms with Crippen LogP contribution < -0.4 is 0 Å². The molecular formula is C54H32N2S. The van der Waals surface area contributed by atoms with E-state index in [1.54, 1.807) is 0 Å². The molecule has 3 heteroatoms. The van der Waals surface area contributed by atoms with Crippen LogP contribution in [-0.2, 0) is 0 Å². The van der Waals surface area contributed by atoms with Gasteiger partial charge in [-0.25, -0.2) is 4.98 Å². The lowest BCUT2D eigenvalue weighted by Gasteiger charge is -2.17. The molecule has 0 fully saturated rings. The molecule has 0 saturated carbocycles. The average molecular weight is 741 g/mol. The van der Waals surface area contributed by atoms with Crippen molar-refractivity contribution >= 4 is 85.6 Å². The van der Waals surface area contributed by atoms with E-state index in [0.29, 0.717) is 0 Å². The van der Waals surface area contributed by atoms with E-state index in [1.165, 1.54) is 85.9 Å². The first-order chi connectivity index (χ1) is 28.3. The number of thiophene rings is 1. The number of hydrogen-bond donors (Lipinski definition) is 0. The van der Waals surface area contributed by atoms with Gasteiger partial charge in [0.2, 0.25) is 0 Å². The first-order valence-electron chi connectivity index (χ1n) is 19.4. The highest BCUT2D eigenvalue weighted by Gasteiger charge is 2.19. The molecule has 0 atom stereocenters. The molecule has 0 bridgehead atoms.